The smallest absolute Gasteiger partial charge is 0.257 e. The van der Waals surface area contributed by atoms with Crippen LogP contribution in [0.1, 0.15) is 68.2 Å². The van der Waals surface area contributed by atoms with Crippen LogP contribution in [0.15, 0.2) is 24.3 Å². The largest absolute Gasteiger partial charge is 0.326 e. The van der Waals surface area contributed by atoms with Crippen molar-refractivity contribution < 1.29 is 19.2 Å². The minimum atomic E-state index is -0.827. The van der Waals surface area contributed by atoms with E-state index in [9.17, 15) is 19.2 Å². The maximum Gasteiger partial charge on any atom is 0.257 e. The van der Waals surface area contributed by atoms with Gasteiger partial charge < -0.3 is 10.2 Å². The van der Waals surface area contributed by atoms with Crippen LogP contribution in [0.5, 0.6) is 0 Å². The Bertz CT molecular complexity index is 948. The second-order valence-electron chi connectivity index (χ2n) is 10.8. The van der Waals surface area contributed by atoms with E-state index in [2.05, 4.69) is 33.0 Å². The highest BCUT2D eigenvalue weighted by Crippen LogP contribution is 2.69. The van der Waals surface area contributed by atoms with Gasteiger partial charge in [0.1, 0.15) is 6.04 Å². The molecule has 1 aromatic rings. The van der Waals surface area contributed by atoms with Gasteiger partial charge in [-0.15, -0.1) is 0 Å². The molecule has 2 aliphatic rings. The Hall–Kier alpha value is -2.70. The zero-order valence-corrected chi connectivity index (χ0v) is 20.4. The Kier molecular flexibility index (Phi) is 5.77. The van der Waals surface area contributed by atoms with E-state index in [4.69, 9.17) is 0 Å². The van der Waals surface area contributed by atoms with Crippen LogP contribution in [-0.4, -0.2) is 40.1 Å². The summed E-state index contributed by atoms with van der Waals surface area (Å²) in [5, 5.41) is 2.67. The molecule has 32 heavy (non-hydrogen) atoms. The number of nitrogens with one attached hydrogen (secondary N) is 1. The molecular weight excluding hydrogens is 406 g/mol. The molecule has 0 aromatic heterocycles. The third-order valence-electron chi connectivity index (χ3n) is 7.90. The molecule has 1 aliphatic carbocycles. The van der Waals surface area contributed by atoms with E-state index in [-0.39, 0.29) is 46.8 Å². The molecular formula is C25H35N3O4. The number of amides is 4. The highest BCUT2D eigenvalue weighted by atomic mass is 16.2. The Morgan fingerprint density at radius 3 is 2.06 bits per heavy atom. The van der Waals surface area contributed by atoms with Crippen LogP contribution in [0.4, 0.5) is 11.4 Å². The van der Waals surface area contributed by atoms with E-state index in [0.29, 0.717) is 17.8 Å². The summed E-state index contributed by atoms with van der Waals surface area (Å²) in [6.45, 7) is 15.6. The molecule has 0 bridgehead atoms. The molecule has 3 rings (SSSR count). The van der Waals surface area contributed by atoms with E-state index in [0.717, 1.165) is 4.90 Å². The number of rotatable bonds is 6. The molecule has 1 saturated heterocycles. The lowest BCUT2D eigenvalue weighted by Gasteiger charge is -2.41. The maximum atomic E-state index is 13.8. The second-order valence-corrected chi connectivity index (χ2v) is 10.8. The molecule has 0 spiro atoms. The molecule has 1 saturated carbocycles. The minimum absolute atomic E-state index is 0.0327. The van der Waals surface area contributed by atoms with Gasteiger partial charge >= 0.3 is 0 Å². The highest BCUT2D eigenvalue weighted by molar-refractivity contribution is 6.23. The SMILES string of the molecule is CCC(C)(C)N(C(=O)C1C(C)(C)C1(C)C)C1CC(=O)N(c2ccc(NC(C)=O)cc2)C1=O. The van der Waals surface area contributed by atoms with Crippen LogP contribution in [0, 0.1) is 16.7 Å². The van der Waals surface area contributed by atoms with Gasteiger partial charge in [-0.25, -0.2) is 4.90 Å². The molecule has 7 heteroatoms. The average molecular weight is 442 g/mol. The third-order valence-corrected chi connectivity index (χ3v) is 7.90. The van der Waals surface area contributed by atoms with Crippen molar-refractivity contribution in [1.29, 1.82) is 0 Å². The van der Waals surface area contributed by atoms with Gasteiger partial charge in [-0.3, -0.25) is 19.2 Å². The second kappa shape index (κ2) is 7.71. The lowest BCUT2D eigenvalue weighted by molar-refractivity contribution is -0.147. The van der Waals surface area contributed by atoms with E-state index < -0.39 is 11.6 Å². The number of benzene rings is 1. The Morgan fingerprint density at radius 2 is 1.62 bits per heavy atom. The number of hydrogen-bond donors (Lipinski definition) is 1. The lowest BCUT2D eigenvalue weighted by atomic mass is 9.94. The highest BCUT2D eigenvalue weighted by Gasteiger charge is 2.70. The average Bonchev–Trinajstić information content (AvgIpc) is 2.91. The number of anilines is 2. The molecule has 7 nitrogen and oxygen atoms in total. The van der Waals surface area contributed by atoms with Gasteiger partial charge in [-0.2, -0.15) is 0 Å². The summed E-state index contributed by atoms with van der Waals surface area (Å²) in [5.41, 5.74) is 0.107. The Morgan fingerprint density at radius 1 is 1.09 bits per heavy atom. The molecule has 1 aromatic carbocycles. The first kappa shape index (κ1) is 24.0. The van der Waals surface area contributed by atoms with Gasteiger partial charge in [-0.05, 0) is 55.4 Å². The molecule has 4 amide bonds. The fraction of sp³-hybridized carbons (Fsp3) is 0.600. The van der Waals surface area contributed by atoms with E-state index in [1.165, 1.54) is 6.92 Å². The van der Waals surface area contributed by atoms with Crippen LogP contribution in [0.2, 0.25) is 0 Å². The van der Waals surface area contributed by atoms with Gasteiger partial charge in [0.05, 0.1) is 12.1 Å². The van der Waals surface area contributed by atoms with Crippen molar-refractivity contribution in [2.24, 2.45) is 16.7 Å². The summed E-state index contributed by atoms with van der Waals surface area (Å²) in [4.78, 5) is 54.3. The number of imide groups is 1. The van der Waals surface area contributed by atoms with Gasteiger partial charge in [0, 0.05) is 24.1 Å². The van der Waals surface area contributed by atoms with E-state index in [1.54, 1.807) is 29.2 Å². The van der Waals surface area contributed by atoms with Gasteiger partial charge in [-0.1, -0.05) is 34.6 Å². The first-order valence-corrected chi connectivity index (χ1v) is 11.2. The van der Waals surface area contributed by atoms with Gasteiger partial charge in [0.25, 0.3) is 5.91 Å². The zero-order chi connectivity index (χ0) is 24.2. The van der Waals surface area contributed by atoms with Gasteiger partial charge in [0.15, 0.2) is 0 Å². The van der Waals surface area contributed by atoms with Crippen LogP contribution in [0.25, 0.3) is 0 Å². The predicted molar refractivity (Wildman–Crippen MR) is 124 cm³/mol. The first-order chi connectivity index (χ1) is 14.7. The number of hydrogen-bond acceptors (Lipinski definition) is 4. The number of carbonyl (C=O) groups is 4. The molecule has 1 aliphatic heterocycles. The van der Waals surface area contributed by atoms with E-state index in [1.807, 2.05) is 20.8 Å². The van der Waals surface area contributed by atoms with Crippen LogP contribution in [-0.2, 0) is 19.2 Å². The third kappa shape index (κ3) is 3.71. The van der Waals surface area contributed by atoms with Crippen molar-refractivity contribution in [2.45, 2.75) is 79.8 Å². The van der Waals surface area contributed by atoms with E-state index >= 15 is 0 Å². The topological polar surface area (TPSA) is 86.8 Å². The molecule has 1 N–H and O–H groups in total. The quantitative estimate of drug-likeness (QED) is 0.677. The molecule has 1 heterocycles. The molecule has 0 radical (unpaired) electrons. The summed E-state index contributed by atoms with van der Waals surface area (Å²) >= 11 is 0. The molecule has 2 fully saturated rings. The zero-order valence-electron chi connectivity index (χ0n) is 20.4. The maximum absolute atomic E-state index is 13.8. The Balaban J connectivity index is 1.92. The van der Waals surface area contributed by atoms with Crippen LogP contribution < -0.4 is 10.2 Å². The molecule has 1 atom stereocenters. The summed E-state index contributed by atoms with van der Waals surface area (Å²) in [7, 11) is 0. The minimum Gasteiger partial charge on any atom is -0.326 e. The summed E-state index contributed by atoms with van der Waals surface area (Å²) in [6.07, 6.45) is 0.630. The summed E-state index contributed by atoms with van der Waals surface area (Å²) in [6, 6.07) is 5.74. The van der Waals surface area contributed by atoms with Crippen molar-refractivity contribution in [2.75, 3.05) is 10.2 Å². The van der Waals surface area contributed by atoms with Crippen LogP contribution >= 0.6 is 0 Å². The monoisotopic (exact) mass is 441 g/mol. The normalized spacial score (nSPS) is 22.1. The van der Waals surface area contributed by atoms with Crippen molar-refractivity contribution in [3.05, 3.63) is 24.3 Å². The molecule has 1 unspecified atom stereocenters. The van der Waals surface area contributed by atoms with Crippen LogP contribution in [0.3, 0.4) is 0 Å². The predicted octanol–water partition coefficient (Wildman–Crippen LogP) is 3.98. The van der Waals surface area contributed by atoms with Crippen molar-refractivity contribution in [1.82, 2.24) is 4.90 Å². The van der Waals surface area contributed by atoms with Crippen molar-refractivity contribution >= 4 is 35.0 Å². The summed E-state index contributed by atoms with van der Waals surface area (Å²) in [5.74, 6) is -1.16. The Labute approximate surface area is 190 Å². The standard InChI is InChI=1S/C25H35N3O4/c1-9-23(3,4)28(22(32)20-24(5,6)25(20,7)8)18-14-19(30)27(21(18)31)17-12-10-16(11-13-17)26-15(2)29/h10-13,18,20H,9,14H2,1-8H3,(H,26,29). The summed E-state index contributed by atoms with van der Waals surface area (Å²) < 4.78 is 0. The molecule has 174 valence electrons. The number of nitrogens with zero attached hydrogens (tertiary/aromatic N) is 2. The van der Waals surface area contributed by atoms with Gasteiger partial charge in [0.2, 0.25) is 17.7 Å². The fourth-order valence-corrected chi connectivity index (χ4v) is 4.98. The van der Waals surface area contributed by atoms with Crippen molar-refractivity contribution in [3.8, 4) is 0 Å². The lowest BCUT2D eigenvalue weighted by Crippen LogP contribution is -2.56. The van der Waals surface area contributed by atoms with Crippen molar-refractivity contribution in [3.63, 3.8) is 0 Å². The number of carbonyl (C=O) groups excluding carboxylic acids is 4. The first-order valence-electron chi connectivity index (χ1n) is 11.2. The fourth-order valence-electron chi connectivity index (χ4n) is 4.98.